The van der Waals surface area contributed by atoms with E-state index in [2.05, 4.69) is 0 Å². The average molecular weight is 237 g/mol. The Morgan fingerprint density at radius 3 is 2.76 bits per heavy atom. The van der Waals surface area contributed by atoms with Gasteiger partial charge in [-0.2, -0.15) is 0 Å². The van der Waals surface area contributed by atoms with E-state index in [0.717, 1.165) is 6.42 Å². The largest absolute Gasteiger partial charge is 0.459 e. The second kappa shape index (κ2) is 4.53. The Hall–Kier alpha value is -1.91. The van der Waals surface area contributed by atoms with Crippen molar-refractivity contribution in [3.63, 3.8) is 0 Å². The molecule has 17 heavy (non-hydrogen) atoms. The monoisotopic (exact) mass is 237 g/mol. The number of hydrogen-bond donors (Lipinski definition) is 1. The molecule has 1 aliphatic rings. The maximum atomic E-state index is 11.8. The topological polar surface area (TPSA) is 70.8 Å². The lowest BCUT2D eigenvalue weighted by Crippen LogP contribution is -2.15. The van der Waals surface area contributed by atoms with Crippen LogP contribution in [0, 0.1) is 0 Å². The van der Waals surface area contributed by atoms with Crippen LogP contribution in [0.25, 0.3) is 0 Å². The van der Waals surface area contributed by atoms with Crippen LogP contribution in [0.2, 0.25) is 0 Å². The van der Waals surface area contributed by atoms with Crippen LogP contribution in [0.5, 0.6) is 11.5 Å². The molecule has 2 rings (SSSR count). The Morgan fingerprint density at radius 2 is 2.12 bits per heavy atom. The van der Waals surface area contributed by atoms with Gasteiger partial charge in [-0.1, -0.05) is 6.92 Å². The third-order valence-corrected chi connectivity index (χ3v) is 2.65. The van der Waals surface area contributed by atoms with Gasteiger partial charge in [0.15, 0.2) is 11.5 Å². The van der Waals surface area contributed by atoms with Crippen LogP contribution in [0.4, 0.5) is 5.69 Å². The number of fused-ring (bicyclic) bond motifs is 1. The molecule has 0 saturated carbocycles. The van der Waals surface area contributed by atoms with Crippen molar-refractivity contribution in [3.05, 3.63) is 17.7 Å². The predicted molar refractivity (Wildman–Crippen MR) is 62.1 cm³/mol. The second-order valence-electron chi connectivity index (χ2n) is 3.92. The van der Waals surface area contributed by atoms with Crippen LogP contribution < -0.4 is 15.2 Å². The molecule has 1 atom stereocenters. The van der Waals surface area contributed by atoms with Crippen molar-refractivity contribution < 1.29 is 19.0 Å². The van der Waals surface area contributed by atoms with Crippen molar-refractivity contribution in [1.82, 2.24) is 0 Å². The van der Waals surface area contributed by atoms with E-state index in [1.807, 2.05) is 13.8 Å². The number of ether oxygens (including phenoxy) is 3. The number of benzene rings is 1. The minimum Gasteiger partial charge on any atom is -0.459 e. The SMILES string of the molecule is CCC(C)OC(=O)c1cc2c(cc1N)OCO2. The predicted octanol–water partition coefficient (Wildman–Crippen LogP) is 1.95. The van der Waals surface area contributed by atoms with Gasteiger partial charge in [-0.25, -0.2) is 4.79 Å². The van der Waals surface area contributed by atoms with Crippen LogP contribution in [-0.2, 0) is 4.74 Å². The summed E-state index contributed by atoms with van der Waals surface area (Å²) in [6.45, 7) is 3.93. The molecule has 92 valence electrons. The number of nitrogens with two attached hydrogens (primary N) is 1. The maximum Gasteiger partial charge on any atom is 0.340 e. The summed E-state index contributed by atoms with van der Waals surface area (Å²) >= 11 is 0. The van der Waals surface area contributed by atoms with Gasteiger partial charge in [0.2, 0.25) is 6.79 Å². The van der Waals surface area contributed by atoms with E-state index in [1.54, 1.807) is 12.1 Å². The smallest absolute Gasteiger partial charge is 0.340 e. The number of rotatable bonds is 3. The summed E-state index contributed by atoms with van der Waals surface area (Å²) in [7, 11) is 0. The minimum atomic E-state index is -0.435. The fraction of sp³-hybridized carbons (Fsp3) is 0.417. The molecule has 5 nitrogen and oxygen atoms in total. The van der Waals surface area contributed by atoms with Gasteiger partial charge in [0, 0.05) is 12.1 Å². The van der Waals surface area contributed by atoms with Gasteiger partial charge in [0.1, 0.15) is 0 Å². The molecule has 1 aromatic rings. The number of nitrogen functional groups attached to an aromatic ring is 1. The quantitative estimate of drug-likeness (QED) is 0.642. The highest BCUT2D eigenvalue weighted by Crippen LogP contribution is 2.36. The fourth-order valence-electron chi connectivity index (χ4n) is 1.46. The third kappa shape index (κ3) is 2.27. The molecule has 0 aliphatic carbocycles. The van der Waals surface area contributed by atoms with E-state index < -0.39 is 5.97 Å². The zero-order valence-corrected chi connectivity index (χ0v) is 9.86. The van der Waals surface area contributed by atoms with Gasteiger partial charge < -0.3 is 19.9 Å². The summed E-state index contributed by atoms with van der Waals surface area (Å²) in [6.07, 6.45) is 0.628. The molecular weight excluding hydrogens is 222 g/mol. The van der Waals surface area contributed by atoms with Crippen LogP contribution in [-0.4, -0.2) is 18.9 Å². The molecule has 2 N–H and O–H groups in total. The first-order chi connectivity index (χ1) is 8.11. The average Bonchev–Trinajstić information content (AvgIpc) is 2.74. The summed E-state index contributed by atoms with van der Waals surface area (Å²) in [4.78, 5) is 11.8. The van der Waals surface area contributed by atoms with Crippen molar-refractivity contribution in [2.75, 3.05) is 12.5 Å². The Balaban J connectivity index is 2.23. The number of hydrogen-bond acceptors (Lipinski definition) is 5. The third-order valence-electron chi connectivity index (χ3n) is 2.65. The lowest BCUT2D eigenvalue weighted by molar-refractivity contribution is 0.0335. The van der Waals surface area contributed by atoms with Crippen molar-refractivity contribution in [2.24, 2.45) is 0 Å². The molecule has 0 radical (unpaired) electrons. The van der Waals surface area contributed by atoms with Crippen LogP contribution in [0.15, 0.2) is 12.1 Å². The number of esters is 1. The number of anilines is 1. The highest BCUT2D eigenvalue weighted by atomic mass is 16.7. The molecule has 0 spiro atoms. The molecule has 0 saturated heterocycles. The zero-order valence-electron chi connectivity index (χ0n) is 9.86. The molecular formula is C12H15NO4. The van der Waals surface area contributed by atoms with E-state index in [4.69, 9.17) is 19.9 Å². The zero-order chi connectivity index (χ0) is 12.4. The first-order valence-electron chi connectivity index (χ1n) is 5.52. The Morgan fingerprint density at radius 1 is 1.47 bits per heavy atom. The van der Waals surface area contributed by atoms with Gasteiger partial charge >= 0.3 is 5.97 Å². The van der Waals surface area contributed by atoms with E-state index in [9.17, 15) is 4.79 Å². The van der Waals surface area contributed by atoms with Crippen molar-refractivity contribution in [1.29, 1.82) is 0 Å². The first-order valence-corrected chi connectivity index (χ1v) is 5.52. The van der Waals surface area contributed by atoms with Gasteiger partial charge in [0.05, 0.1) is 17.4 Å². The van der Waals surface area contributed by atoms with E-state index in [-0.39, 0.29) is 12.9 Å². The lowest BCUT2D eigenvalue weighted by Gasteiger charge is -2.12. The summed E-state index contributed by atoms with van der Waals surface area (Å²) in [6, 6.07) is 3.14. The van der Waals surface area contributed by atoms with Crippen LogP contribution >= 0.6 is 0 Å². The Labute approximate surface area is 99.5 Å². The highest BCUT2D eigenvalue weighted by Gasteiger charge is 2.21. The molecule has 1 heterocycles. The van der Waals surface area contributed by atoms with E-state index in [1.165, 1.54) is 0 Å². The molecule has 1 unspecified atom stereocenters. The molecule has 0 amide bonds. The molecule has 1 aliphatic heterocycles. The highest BCUT2D eigenvalue weighted by molar-refractivity contribution is 5.96. The first kappa shape index (κ1) is 11.6. The fourth-order valence-corrected chi connectivity index (χ4v) is 1.46. The number of carbonyl (C=O) groups excluding carboxylic acids is 1. The molecule has 5 heteroatoms. The molecule has 0 bridgehead atoms. The summed E-state index contributed by atoms with van der Waals surface area (Å²) < 4.78 is 15.6. The summed E-state index contributed by atoms with van der Waals surface area (Å²) in [5.74, 6) is 0.646. The van der Waals surface area contributed by atoms with Crippen LogP contribution in [0.1, 0.15) is 30.6 Å². The number of carbonyl (C=O) groups is 1. The summed E-state index contributed by atoms with van der Waals surface area (Å²) in [5, 5.41) is 0. The maximum absolute atomic E-state index is 11.8. The van der Waals surface area contributed by atoms with E-state index >= 15 is 0 Å². The Bertz CT molecular complexity index is 444. The van der Waals surface area contributed by atoms with Crippen LogP contribution in [0.3, 0.4) is 0 Å². The van der Waals surface area contributed by atoms with Crippen molar-refractivity contribution in [3.8, 4) is 11.5 Å². The standard InChI is InChI=1S/C12H15NO4/c1-3-7(2)17-12(14)8-4-10-11(5-9(8)13)16-6-15-10/h4-5,7H,3,6,13H2,1-2H3. The van der Waals surface area contributed by atoms with Gasteiger partial charge in [-0.3, -0.25) is 0 Å². The van der Waals surface area contributed by atoms with Crippen molar-refractivity contribution in [2.45, 2.75) is 26.4 Å². The Kier molecular flexibility index (Phi) is 3.08. The van der Waals surface area contributed by atoms with Gasteiger partial charge in [0.25, 0.3) is 0 Å². The second-order valence-corrected chi connectivity index (χ2v) is 3.92. The minimum absolute atomic E-state index is 0.132. The molecule has 1 aromatic carbocycles. The summed E-state index contributed by atoms with van der Waals surface area (Å²) in [5.41, 5.74) is 6.43. The molecule has 0 aromatic heterocycles. The van der Waals surface area contributed by atoms with Crippen molar-refractivity contribution >= 4 is 11.7 Å². The molecule has 0 fully saturated rings. The van der Waals surface area contributed by atoms with Gasteiger partial charge in [-0.15, -0.1) is 0 Å². The normalized spacial score (nSPS) is 14.5. The lowest BCUT2D eigenvalue weighted by atomic mass is 10.1. The van der Waals surface area contributed by atoms with E-state index in [0.29, 0.717) is 22.7 Å². The van der Waals surface area contributed by atoms with Gasteiger partial charge in [-0.05, 0) is 13.3 Å².